The SMILES string of the molecule is Nc1cc(F)ccc1NC(=O)c1ccc(CNC(=O)/C=C2\NC(=O)c3ccccc32)cc1. The molecule has 8 heteroatoms. The fraction of sp³-hybridized carbons (Fsp3) is 0.0417. The van der Waals surface area contributed by atoms with Crippen LogP contribution in [0.15, 0.2) is 72.8 Å². The first kappa shape index (κ1) is 20.8. The normalized spacial score (nSPS) is 13.4. The van der Waals surface area contributed by atoms with Gasteiger partial charge < -0.3 is 21.7 Å². The van der Waals surface area contributed by atoms with Crippen molar-refractivity contribution in [3.63, 3.8) is 0 Å². The van der Waals surface area contributed by atoms with Gasteiger partial charge in [-0.3, -0.25) is 14.4 Å². The smallest absolute Gasteiger partial charge is 0.256 e. The van der Waals surface area contributed by atoms with Gasteiger partial charge in [-0.15, -0.1) is 0 Å². The first-order valence-electron chi connectivity index (χ1n) is 9.76. The van der Waals surface area contributed by atoms with Gasteiger partial charge in [0.1, 0.15) is 5.82 Å². The van der Waals surface area contributed by atoms with Gasteiger partial charge >= 0.3 is 0 Å². The molecule has 0 atom stereocenters. The van der Waals surface area contributed by atoms with E-state index in [0.717, 1.165) is 11.6 Å². The van der Waals surface area contributed by atoms with Crippen LogP contribution in [0, 0.1) is 5.82 Å². The summed E-state index contributed by atoms with van der Waals surface area (Å²) in [6.45, 7) is 0.241. The molecule has 32 heavy (non-hydrogen) atoms. The molecule has 0 aliphatic carbocycles. The van der Waals surface area contributed by atoms with Crippen LogP contribution in [0.2, 0.25) is 0 Å². The lowest BCUT2D eigenvalue weighted by atomic mass is 10.1. The molecule has 0 unspecified atom stereocenters. The number of nitrogen functional groups attached to an aromatic ring is 1. The summed E-state index contributed by atoms with van der Waals surface area (Å²) in [6, 6.07) is 17.4. The van der Waals surface area contributed by atoms with E-state index >= 15 is 0 Å². The van der Waals surface area contributed by atoms with E-state index in [1.807, 2.05) is 0 Å². The van der Waals surface area contributed by atoms with Crippen molar-refractivity contribution in [1.82, 2.24) is 10.6 Å². The maximum Gasteiger partial charge on any atom is 0.256 e. The number of rotatable bonds is 5. The summed E-state index contributed by atoms with van der Waals surface area (Å²) >= 11 is 0. The van der Waals surface area contributed by atoms with Gasteiger partial charge in [0.2, 0.25) is 5.91 Å². The second-order valence-electron chi connectivity index (χ2n) is 7.16. The fourth-order valence-electron chi connectivity index (χ4n) is 3.27. The van der Waals surface area contributed by atoms with Crippen molar-refractivity contribution >= 4 is 34.8 Å². The first-order valence-corrected chi connectivity index (χ1v) is 9.76. The number of amides is 3. The first-order chi connectivity index (χ1) is 15.4. The minimum absolute atomic E-state index is 0.132. The number of carbonyl (C=O) groups is 3. The highest BCUT2D eigenvalue weighted by Gasteiger charge is 2.23. The van der Waals surface area contributed by atoms with Crippen molar-refractivity contribution in [3.8, 4) is 0 Å². The minimum Gasteiger partial charge on any atom is -0.397 e. The second-order valence-corrected chi connectivity index (χ2v) is 7.16. The predicted molar refractivity (Wildman–Crippen MR) is 119 cm³/mol. The average Bonchev–Trinajstić information content (AvgIpc) is 3.10. The summed E-state index contributed by atoms with van der Waals surface area (Å²) < 4.78 is 13.1. The van der Waals surface area contributed by atoms with Crippen molar-refractivity contribution in [1.29, 1.82) is 0 Å². The van der Waals surface area contributed by atoms with E-state index < -0.39 is 5.82 Å². The molecular formula is C24H19FN4O3. The molecular weight excluding hydrogens is 411 g/mol. The standard InChI is InChI=1S/C24H19FN4O3/c25-16-9-10-20(19(26)11-16)28-23(31)15-7-5-14(6-8-15)13-27-22(30)12-21-17-3-1-2-4-18(17)24(32)29-21/h1-12H,13,26H2,(H,27,30)(H,28,31)(H,29,32)/b21-12-. The monoisotopic (exact) mass is 430 g/mol. The summed E-state index contributed by atoms with van der Waals surface area (Å²) in [5.74, 6) is -1.47. The molecule has 1 aliphatic heterocycles. The van der Waals surface area contributed by atoms with Crippen LogP contribution in [0.4, 0.5) is 15.8 Å². The summed E-state index contributed by atoms with van der Waals surface area (Å²) in [6.07, 6.45) is 1.35. The summed E-state index contributed by atoms with van der Waals surface area (Å²) in [5.41, 5.74) is 9.00. The molecule has 5 N–H and O–H groups in total. The number of fused-ring (bicyclic) bond motifs is 1. The second kappa shape index (κ2) is 8.73. The topological polar surface area (TPSA) is 113 Å². The highest BCUT2D eigenvalue weighted by Crippen LogP contribution is 2.23. The molecule has 1 heterocycles. The molecule has 0 saturated heterocycles. The van der Waals surface area contributed by atoms with Crippen molar-refractivity contribution in [3.05, 3.63) is 101 Å². The molecule has 4 rings (SSSR count). The van der Waals surface area contributed by atoms with Crippen LogP contribution in [0.25, 0.3) is 5.70 Å². The number of halogens is 1. The van der Waals surface area contributed by atoms with Gasteiger partial charge in [0.15, 0.2) is 0 Å². The molecule has 160 valence electrons. The Labute approximate surface area is 183 Å². The van der Waals surface area contributed by atoms with E-state index in [-0.39, 0.29) is 30.0 Å². The Hall–Kier alpha value is -4.46. The summed E-state index contributed by atoms with van der Waals surface area (Å²) in [4.78, 5) is 36.6. The average molecular weight is 430 g/mol. The zero-order valence-corrected chi connectivity index (χ0v) is 16.8. The van der Waals surface area contributed by atoms with Crippen molar-refractivity contribution in [2.75, 3.05) is 11.1 Å². The molecule has 0 saturated carbocycles. The van der Waals surface area contributed by atoms with Crippen LogP contribution in [-0.2, 0) is 11.3 Å². The highest BCUT2D eigenvalue weighted by molar-refractivity contribution is 6.12. The molecule has 3 aromatic carbocycles. The number of hydrogen-bond donors (Lipinski definition) is 4. The molecule has 0 radical (unpaired) electrons. The summed E-state index contributed by atoms with van der Waals surface area (Å²) in [5, 5.41) is 8.07. The Kier molecular flexibility index (Phi) is 5.67. The van der Waals surface area contributed by atoms with E-state index in [2.05, 4.69) is 16.0 Å². The van der Waals surface area contributed by atoms with Crippen molar-refractivity contribution in [2.24, 2.45) is 0 Å². The quantitative estimate of drug-likeness (QED) is 0.368. The van der Waals surface area contributed by atoms with Crippen LogP contribution in [0.1, 0.15) is 31.8 Å². The number of nitrogens with one attached hydrogen (secondary N) is 3. The molecule has 0 bridgehead atoms. The molecule has 7 nitrogen and oxygen atoms in total. The Balaban J connectivity index is 1.35. The minimum atomic E-state index is -0.484. The molecule has 1 aliphatic rings. The summed E-state index contributed by atoms with van der Waals surface area (Å²) in [7, 11) is 0. The van der Waals surface area contributed by atoms with Gasteiger partial charge in [-0.2, -0.15) is 0 Å². The lowest BCUT2D eigenvalue weighted by molar-refractivity contribution is -0.116. The third-order valence-electron chi connectivity index (χ3n) is 4.93. The molecule has 0 spiro atoms. The number of benzene rings is 3. The third-order valence-corrected chi connectivity index (χ3v) is 4.93. The van der Waals surface area contributed by atoms with Crippen LogP contribution >= 0.6 is 0 Å². The largest absolute Gasteiger partial charge is 0.397 e. The van der Waals surface area contributed by atoms with Gasteiger partial charge in [0, 0.05) is 29.3 Å². The van der Waals surface area contributed by atoms with Gasteiger partial charge in [0.25, 0.3) is 11.8 Å². The molecule has 0 fully saturated rings. The Morgan fingerprint density at radius 1 is 1.00 bits per heavy atom. The Bertz CT molecular complexity index is 1250. The van der Waals surface area contributed by atoms with Gasteiger partial charge in [0.05, 0.1) is 17.1 Å². The maximum atomic E-state index is 13.1. The number of hydrogen-bond acceptors (Lipinski definition) is 4. The van der Waals surface area contributed by atoms with E-state index in [1.165, 1.54) is 18.2 Å². The zero-order valence-electron chi connectivity index (χ0n) is 16.8. The number of nitrogens with two attached hydrogens (primary N) is 1. The highest BCUT2D eigenvalue weighted by atomic mass is 19.1. The molecule has 3 amide bonds. The van der Waals surface area contributed by atoms with Crippen LogP contribution in [0.5, 0.6) is 0 Å². The van der Waals surface area contributed by atoms with E-state index in [1.54, 1.807) is 48.5 Å². The van der Waals surface area contributed by atoms with Gasteiger partial charge in [-0.25, -0.2) is 4.39 Å². The van der Waals surface area contributed by atoms with Crippen LogP contribution < -0.4 is 21.7 Å². The Morgan fingerprint density at radius 2 is 1.72 bits per heavy atom. The lowest BCUT2D eigenvalue weighted by Crippen LogP contribution is -2.22. The van der Waals surface area contributed by atoms with Crippen molar-refractivity contribution in [2.45, 2.75) is 6.54 Å². The maximum absolute atomic E-state index is 13.1. The lowest BCUT2D eigenvalue weighted by Gasteiger charge is -2.09. The van der Waals surface area contributed by atoms with Crippen LogP contribution in [-0.4, -0.2) is 17.7 Å². The molecule has 0 aromatic heterocycles. The fourth-order valence-corrected chi connectivity index (χ4v) is 3.27. The zero-order chi connectivity index (χ0) is 22.7. The molecule has 3 aromatic rings. The van der Waals surface area contributed by atoms with E-state index in [0.29, 0.717) is 28.1 Å². The number of carbonyl (C=O) groups excluding carboxylic acids is 3. The van der Waals surface area contributed by atoms with E-state index in [9.17, 15) is 18.8 Å². The van der Waals surface area contributed by atoms with Gasteiger partial charge in [-0.05, 0) is 42.0 Å². The van der Waals surface area contributed by atoms with Crippen molar-refractivity contribution < 1.29 is 18.8 Å². The third kappa shape index (κ3) is 4.49. The predicted octanol–water partition coefficient (Wildman–Crippen LogP) is 3.06. The number of anilines is 2. The van der Waals surface area contributed by atoms with Gasteiger partial charge in [-0.1, -0.05) is 30.3 Å². The van der Waals surface area contributed by atoms with Crippen LogP contribution in [0.3, 0.4) is 0 Å². The van der Waals surface area contributed by atoms with E-state index in [4.69, 9.17) is 5.73 Å². The Morgan fingerprint density at radius 3 is 2.44 bits per heavy atom.